The van der Waals surface area contributed by atoms with Gasteiger partial charge in [-0.1, -0.05) is 30.3 Å². The molecule has 0 spiro atoms. The Morgan fingerprint density at radius 1 is 1.24 bits per heavy atom. The van der Waals surface area contributed by atoms with Crippen LogP contribution in [-0.4, -0.2) is 23.9 Å². The fourth-order valence-electron chi connectivity index (χ4n) is 1.87. The van der Waals surface area contributed by atoms with Crippen molar-refractivity contribution in [3.63, 3.8) is 0 Å². The fourth-order valence-corrected chi connectivity index (χ4v) is 3.24. The molecule has 0 saturated carbocycles. The Morgan fingerprint density at radius 2 is 1.82 bits per heavy atom. The smallest absolute Gasteiger partial charge is 0.240 e. The van der Waals surface area contributed by atoms with Crippen LogP contribution in [0.1, 0.15) is 31.9 Å². The Balaban J connectivity index is 2.32. The van der Waals surface area contributed by atoms with E-state index in [2.05, 4.69) is 0 Å². The first-order valence-electron chi connectivity index (χ1n) is 5.55. The molecule has 0 radical (unpaired) electrons. The maximum atomic E-state index is 12.0. The molecule has 2 rings (SSSR count). The van der Waals surface area contributed by atoms with Gasteiger partial charge in [-0.3, -0.25) is 4.79 Å². The molecule has 1 aromatic rings. The Labute approximate surface area is 101 Å². The molecule has 1 aliphatic heterocycles. The van der Waals surface area contributed by atoms with Crippen molar-refractivity contribution in [3.8, 4) is 0 Å². The van der Waals surface area contributed by atoms with E-state index >= 15 is 0 Å². The van der Waals surface area contributed by atoms with Crippen LogP contribution in [0.4, 0.5) is 0 Å². The third kappa shape index (κ3) is 1.95. The van der Waals surface area contributed by atoms with Crippen LogP contribution in [0.25, 0.3) is 0 Å². The Hall–Kier alpha value is -1.36. The number of carbonyl (C=O) groups excluding carboxylic acids is 1. The fraction of sp³-hybridized carbons (Fsp3) is 0.417. The number of amides is 1. The van der Waals surface area contributed by atoms with Gasteiger partial charge >= 0.3 is 0 Å². The number of benzene rings is 1. The first-order valence-corrected chi connectivity index (χ1v) is 7.06. The van der Waals surface area contributed by atoms with Gasteiger partial charge in [-0.15, -0.1) is 0 Å². The van der Waals surface area contributed by atoms with Crippen LogP contribution < -0.4 is 0 Å². The van der Waals surface area contributed by atoms with Crippen LogP contribution in [0, 0.1) is 0 Å². The molecule has 1 atom stereocenters. The standard InChI is InChI=1S/C12H15NO3S/c1-9(2)17(15,16)13-11(8-12(13)14)10-6-4-3-5-7-10/h3-7,9,11H,8H2,1-2H3/t11-/m0/s1. The van der Waals surface area contributed by atoms with Gasteiger partial charge in [-0.25, -0.2) is 12.7 Å². The number of carbonyl (C=O) groups is 1. The van der Waals surface area contributed by atoms with Crippen LogP contribution >= 0.6 is 0 Å². The van der Waals surface area contributed by atoms with E-state index in [4.69, 9.17) is 0 Å². The Bertz CT molecular complexity index is 522. The molecule has 5 heteroatoms. The molecule has 1 amide bonds. The molecule has 0 unspecified atom stereocenters. The van der Waals surface area contributed by atoms with Crippen LogP contribution in [0.15, 0.2) is 30.3 Å². The second-order valence-corrected chi connectivity index (χ2v) is 6.78. The van der Waals surface area contributed by atoms with Gasteiger partial charge in [0, 0.05) is 0 Å². The molecule has 1 heterocycles. The first-order chi connectivity index (χ1) is 7.94. The van der Waals surface area contributed by atoms with Crippen LogP contribution in [0.5, 0.6) is 0 Å². The summed E-state index contributed by atoms with van der Waals surface area (Å²) >= 11 is 0. The molecule has 1 aliphatic rings. The van der Waals surface area contributed by atoms with E-state index in [1.807, 2.05) is 30.3 Å². The van der Waals surface area contributed by atoms with Crippen molar-refractivity contribution in [2.45, 2.75) is 31.6 Å². The summed E-state index contributed by atoms with van der Waals surface area (Å²) in [5, 5.41) is -0.571. The minimum atomic E-state index is -3.50. The molecular formula is C12H15NO3S. The van der Waals surface area contributed by atoms with E-state index < -0.39 is 15.3 Å². The Kier molecular flexibility index (Phi) is 2.95. The van der Waals surface area contributed by atoms with Gasteiger partial charge in [0.1, 0.15) is 0 Å². The third-order valence-corrected chi connectivity index (χ3v) is 5.15. The highest BCUT2D eigenvalue weighted by Crippen LogP contribution is 2.37. The van der Waals surface area contributed by atoms with Gasteiger partial charge in [0.05, 0.1) is 17.7 Å². The zero-order valence-electron chi connectivity index (χ0n) is 9.83. The number of hydrogen-bond acceptors (Lipinski definition) is 3. The summed E-state index contributed by atoms with van der Waals surface area (Å²) in [4.78, 5) is 11.5. The topological polar surface area (TPSA) is 54.5 Å². The summed E-state index contributed by atoms with van der Waals surface area (Å²) < 4.78 is 25.0. The van der Waals surface area contributed by atoms with Gasteiger partial charge in [0.25, 0.3) is 0 Å². The Morgan fingerprint density at radius 3 is 2.29 bits per heavy atom. The first kappa shape index (κ1) is 12.1. The molecule has 4 nitrogen and oxygen atoms in total. The van der Waals surface area contributed by atoms with Gasteiger partial charge in [0.15, 0.2) is 0 Å². The largest absolute Gasteiger partial charge is 0.274 e. The zero-order valence-corrected chi connectivity index (χ0v) is 10.6. The van der Waals surface area contributed by atoms with Crippen molar-refractivity contribution in [2.75, 3.05) is 0 Å². The third-order valence-electron chi connectivity index (χ3n) is 2.95. The van der Waals surface area contributed by atoms with E-state index in [1.54, 1.807) is 13.8 Å². The predicted molar refractivity (Wildman–Crippen MR) is 64.7 cm³/mol. The molecule has 0 N–H and O–H groups in total. The minimum absolute atomic E-state index is 0.274. The summed E-state index contributed by atoms with van der Waals surface area (Å²) in [6, 6.07) is 8.93. The van der Waals surface area contributed by atoms with E-state index in [9.17, 15) is 13.2 Å². The summed E-state index contributed by atoms with van der Waals surface area (Å²) in [6.07, 6.45) is 0.274. The number of nitrogens with zero attached hydrogens (tertiary/aromatic N) is 1. The molecule has 92 valence electrons. The quantitative estimate of drug-likeness (QED) is 0.770. The zero-order chi connectivity index (χ0) is 12.6. The summed E-state index contributed by atoms with van der Waals surface area (Å²) in [6.45, 7) is 3.17. The van der Waals surface area contributed by atoms with E-state index in [1.165, 1.54) is 0 Å². The van der Waals surface area contributed by atoms with Crippen molar-refractivity contribution in [3.05, 3.63) is 35.9 Å². The van der Waals surface area contributed by atoms with Crippen molar-refractivity contribution < 1.29 is 13.2 Å². The normalized spacial score (nSPS) is 20.5. The lowest BCUT2D eigenvalue weighted by molar-refractivity contribution is -0.137. The van der Waals surface area contributed by atoms with Crippen molar-refractivity contribution >= 4 is 15.9 Å². The molecule has 17 heavy (non-hydrogen) atoms. The van der Waals surface area contributed by atoms with E-state index in [0.717, 1.165) is 9.87 Å². The number of β-lactam (4-membered cyclic amide) rings is 1. The van der Waals surface area contributed by atoms with Crippen molar-refractivity contribution in [1.29, 1.82) is 0 Å². The molecular weight excluding hydrogens is 238 g/mol. The van der Waals surface area contributed by atoms with E-state index in [-0.39, 0.29) is 18.4 Å². The maximum absolute atomic E-state index is 12.0. The SMILES string of the molecule is CC(C)S(=O)(=O)N1C(=O)C[C@H]1c1ccccc1. The molecule has 1 saturated heterocycles. The highest BCUT2D eigenvalue weighted by molar-refractivity contribution is 7.90. The number of rotatable bonds is 3. The van der Waals surface area contributed by atoms with Gasteiger partial charge < -0.3 is 0 Å². The lowest BCUT2D eigenvalue weighted by Gasteiger charge is -2.40. The number of sulfonamides is 1. The number of hydrogen-bond donors (Lipinski definition) is 0. The van der Waals surface area contributed by atoms with E-state index in [0.29, 0.717) is 0 Å². The maximum Gasteiger partial charge on any atom is 0.240 e. The second kappa shape index (κ2) is 4.14. The van der Waals surface area contributed by atoms with Crippen LogP contribution in [-0.2, 0) is 14.8 Å². The van der Waals surface area contributed by atoms with Gasteiger partial charge in [-0.05, 0) is 19.4 Å². The molecule has 1 fully saturated rings. The summed E-state index contributed by atoms with van der Waals surface area (Å²) in [5.74, 6) is -0.312. The van der Waals surface area contributed by atoms with Crippen LogP contribution in [0.2, 0.25) is 0 Å². The lowest BCUT2D eigenvalue weighted by Crippen LogP contribution is -2.52. The summed E-state index contributed by atoms with van der Waals surface area (Å²) in [5.41, 5.74) is 0.872. The lowest BCUT2D eigenvalue weighted by atomic mass is 9.97. The van der Waals surface area contributed by atoms with Gasteiger partial charge in [0.2, 0.25) is 15.9 Å². The monoisotopic (exact) mass is 253 g/mol. The molecule has 1 aromatic carbocycles. The molecule has 0 aliphatic carbocycles. The molecule has 0 bridgehead atoms. The average molecular weight is 253 g/mol. The predicted octanol–water partition coefficient (Wildman–Crippen LogP) is 1.70. The van der Waals surface area contributed by atoms with Gasteiger partial charge in [-0.2, -0.15) is 0 Å². The second-order valence-electron chi connectivity index (χ2n) is 4.41. The highest BCUT2D eigenvalue weighted by atomic mass is 32.2. The average Bonchev–Trinajstić information content (AvgIpc) is 2.26. The molecule has 0 aromatic heterocycles. The minimum Gasteiger partial charge on any atom is -0.274 e. The van der Waals surface area contributed by atoms with Crippen LogP contribution in [0.3, 0.4) is 0 Å². The summed E-state index contributed by atoms with van der Waals surface area (Å²) in [7, 11) is -3.50. The highest BCUT2D eigenvalue weighted by Gasteiger charge is 2.45. The van der Waals surface area contributed by atoms with Crippen molar-refractivity contribution in [2.24, 2.45) is 0 Å². The van der Waals surface area contributed by atoms with Crippen molar-refractivity contribution in [1.82, 2.24) is 4.31 Å².